The molecule has 168 valence electrons. The van der Waals surface area contributed by atoms with Crippen molar-refractivity contribution in [3.05, 3.63) is 94.0 Å². The van der Waals surface area contributed by atoms with Gasteiger partial charge in [0.2, 0.25) is 0 Å². The number of carbonyl (C=O) groups is 2. The van der Waals surface area contributed by atoms with Gasteiger partial charge >= 0.3 is 12.1 Å². The molecule has 1 N–H and O–H groups in total. The molecule has 2 aliphatic rings. The number of nitrogens with zero attached hydrogens (tertiary/aromatic N) is 1. The number of carboxylic acids is 1. The maximum absolute atomic E-state index is 13.2. The van der Waals surface area contributed by atoms with Gasteiger partial charge in [-0.1, -0.05) is 82.7 Å². The molecule has 0 spiro atoms. The van der Waals surface area contributed by atoms with E-state index < -0.39 is 24.0 Å². The minimum absolute atomic E-state index is 0.0269. The van der Waals surface area contributed by atoms with Crippen LogP contribution < -0.4 is 0 Å². The first-order valence-corrected chi connectivity index (χ1v) is 11.9. The number of benzene rings is 3. The minimum atomic E-state index is -0.940. The highest BCUT2D eigenvalue weighted by atomic mass is 79.9. The summed E-state index contributed by atoms with van der Waals surface area (Å²) in [6.07, 6.45) is 0.934. The lowest BCUT2D eigenvalue weighted by Crippen LogP contribution is -2.42. The molecule has 33 heavy (non-hydrogen) atoms. The van der Waals surface area contributed by atoms with Crippen molar-refractivity contribution < 1.29 is 19.4 Å². The molecule has 1 heterocycles. The maximum atomic E-state index is 13.2. The van der Waals surface area contributed by atoms with E-state index in [1.54, 1.807) is 11.0 Å². The largest absolute Gasteiger partial charge is 0.481 e. The lowest BCUT2D eigenvalue weighted by molar-refractivity contribution is -0.140. The Kier molecular flexibility index (Phi) is 5.94. The third kappa shape index (κ3) is 3.93. The molecule has 0 saturated carbocycles. The molecule has 3 aromatic rings. The zero-order valence-corrected chi connectivity index (χ0v) is 19.6. The summed E-state index contributed by atoms with van der Waals surface area (Å²) in [5.74, 6) is -1.78. The molecule has 0 radical (unpaired) electrons. The van der Waals surface area contributed by atoms with Crippen LogP contribution in [0.5, 0.6) is 0 Å². The Morgan fingerprint density at radius 1 is 0.970 bits per heavy atom. The molecule has 2 atom stereocenters. The van der Waals surface area contributed by atoms with E-state index in [0.717, 1.165) is 22.0 Å². The van der Waals surface area contributed by atoms with Gasteiger partial charge in [0, 0.05) is 16.9 Å². The third-order valence-electron chi connectivity index (χ3n) is 6.76. The average Bonchev–Trinajstić information content (AvgIpc) is 3.42. The number of rotatable bonds is 5. The van der Waals surface area contributed by atoms with E-state index in [0.29, 0.717) is 18.5 Å². The molecule has 5 rings (SSSR count). The van der Waals surface area contributed by atoms with Crippen molar-refractivity contribution >= 4 is 28.0 Å². The van der Waals surface area contributed by atoms with Crippen molar-refractivity contribution in [2.45, 2.75) is 30.7 Å². The standard InChI is InChI=1S/C27H24BrNO4/c28-23-13-6-5-12-21(23)25(26(30)31)24-14-7-15-29(24)27(32)33-16-22-19-10-3-1-8-17(19)18-9-2-4-11-20(18)22/h1-6,8-13,22,24-25H,7,14-16H2,(H,30,31)/t24-,25+/m0/s1. The lowest BCUT2D eigenvalue weighted by Gasteiger charge is -2.30. The molecule has 0 aromatic heterocycles. The van der Waals surface area contributed by atoms with Crippen LogP contribution in [0.25, 0.3) is 11.1 Å². The van der Waals surface area contributed by atoms with Crippen LogP contribution in [0.1, 0.15) is 41.4 Å². The first-order valence-electron chi connectivity index (χ1n) is 11.1. The fourth-order valence-corrected chi connectivity index (χ4v) is 5.81. The SMILES string of the molecule is O=C(O)[C@H](c1ccccc1Br)[C@@H]1CCCN1C(=O)OCC1c2ccccc2-c2ccccc21. The van der Waals surface area contributed by atoms with Crippen LogP contribution >= 0.6 is 15.9 Å². The highest BCUT2D eigenvalue weighted by molar-refractivity contribution is 9.10. The summed E-state index contributed by atoms with van der Waals surface area (Å²) >= 11 is 3.48. The van der Waals surface area contributed by atoms with Crippen LogP contribution in [0, 0.1) is 0 Å². The molecule has 5 nitrogen and oxygen atoms in total. The predicted molar refractivity (Wildman–Crippen MR) is 129 cm³/mol. The zero-order valence-electron chi connectivity index (χ0n) is 18.0. The number of carbonyl (C=O) groups excluding carboxylic acids is 1. The monoisotopic (exact) mass is 505 g/mol. The molecule has 0 bridgehead atoms. The van der Waals surface area contributed by atoms with Crippen molar-refractivity contribution in [3.8, 4) is 11.1 Å². The van der Waals surface area contributed by atoms with Gasteiger partial charge in [-0.2, -0.15) is 0 Å². The molecule has 1 aliphatic carbocycles. The van der Waals surface area contributed by atoms with Crippen LogP contribution in [0.15, 0.2) is 77.3 Å². The number of carboxylic acid groups (broad SMARTS) is 1. The molecular weight excluding hydrogens is 482 g/mol. The number of hydrogen-bond donors (Lipinski definition) is 1. The van der Waals surface area contributed by atoms with E-state index in [4.69, 9.17) is 4.74 Å². The van der Waals surface area contributed by atoms with Crippen LogP contribution in [0.4, 0.5) is 4.79 Å². The molecule has 0 unspecified atom stereocenters. The van der Waals surface area contributed by atoms with Crippen molar-refractivity contribution in [2.24, 2.45) is 0 Å². The zero-order chi connectivity index (χ0) is 22.9. The number of ether oxygens (including phenoxy) is 1. The Bertz CT molecular complexity index is 1160. The van der Waals surface area contributed by atoms with Gasteiger partial charge in [-0.25, -0.2) is 4.79 Å². The molecule has 1 saturated heterocycles. The summed E-state index contributed by atoms with van der Waals surface area (Å²) in [6.45, 7) is 0.721. The second kappa shape index (κ2) is 9.02. The van der Waals surface area contributed by atoms with E-state index >= 15 is 0 Å². The highest BCUT2D eigenvalue weighted by Gasteiger charge is 2.41. The number of aliphatic carboxylic acids is 1. The Labute approximate surface area is 201 Å². The van der Waals surface area contributed by atoms with Gasteiger partial charge in [0.25, 0.3) is 0 Å². The first-order chi connectivity index (χ1) is 16.1. The fraction of sp³-hybridized carbons (Fsp3) is 0.259. The van der Waals surface area contributed by atoms with E-state index in [2.05, 4.69) is 40.2 Å². The Morgan fingerprint density at radius 3 is 2.21 bits per heavy atom. The number of amides is 1. The van der Waals surface area contributed by atoms with Crippen molar-refractivity contribution in [3.63, 3.8) is 0 Å². The van der Waals surface area contributed by atoms with Gasteiger partial charge in [-0.15, -0.1) is 0 Å². The van der Waals surface area contributed by atoms with Gasteiger partial charge in [0.05, 0.1) is 6.04 Å². The van der Waals surface area contributed by atoms with Crippen LogP contribution in [0.2, 0.25) is 0 Å². The van der Waals surface area contributed by atoms with Gasteiger partial charge in [0.15, 0.2) is 0 Å². The summed E-state index contributed by atoms with van der Waals surface area (Å²) in [5.41, 5.74) is 5.33. The first kappa shape index (κ1) is 21.7. The van der Waals surface area contributed by atoms with E-state index in [-0.39, 0.29) is 12.5 Å². The number of likely N-dealkylation sites (tertiary alicyclic amines) is 1. The van der Waals surface area contributed by atoms with Crippen molar-refractivity contribution in [1.82, 2.24) is 4.90 Å². The van der Waals surface area contributed by atoms with Crippen LogP contribution in [0.3, 0.4) is 0 Å². The highest BCUT2D eigenvalue weighted by Crippen LogP contribution is 2.44. The lowest BCUT2D eigenvalue weighted by atomic mass is 9.90. The van der Waals surface area contributed by atoms with Gasteiger partial charge in [-0.3, -0.25) is 4.79 Å². The Hall–Kier alpha value is -3.12. The Morgan fingerprint density at radius 2 is 1.58 bits per heavy atom. The summed E-state index contributed by atoms with van der Waals surface area (Å²) in [4.78, 5) is 27.0. The Balaban J connectivity index is 1.36. The van der Waals surface area contributed by atoms with Gasteiger partial charge in [-0.05, 0) is 46.7 Å². The normalized spacial score (nSPS) is 18.0. The topological polar surface area (TPSA) is 66.8 Å². The smallest absolute Gasteiger partial charge is 0.410 e. The predicted octanol–water partition coefficient (Wildman–Crippen LogP) is 6.03. The van der Waals surface area contributed by atoms with E-state index in [9.17, 15) is 14.7 Å². The number of fused-ring (bicyclic) bond motifs is 3. The van der Waals surface area contributed by atoms with Crippen LogP contribution in [-0.2, 0) is 9.53 Å². The van der Waals surface area contributed by atoms with Gasteiger partial charge < -0.3 is 14.7 Å². The molecule has 1 amide bonds. The molecular formula is C27H24BrNO4. The quantitative estimate of drug-likeness (QED) is 0.459. The summed E-state index contributed by atoms with van der Waals surface area (Å²) in [7, 11) is 0. The average molecular weight is 506 g/mol. The summed E-state index contributed by atoms with van der Waals surface area (Å²) < 4.78 is 6.57. The molecule has 3 aromatic carbocycles. The van der Waals surface area contributed by atoms with E-state index in [1.165, 1.54) is 11.1 Å². The minimum Gasteiger partial charge on any atom is -0.481 e. The number of hydrogen-bond acceptors (Lipinski definition) is 3. The van der Waals surface area contributed by atoms with Crippen molar-refractivity contribution in [1.29, 1.82) is 0 Å². The third-order valence-corrected chi connectivity index (χ3v) is 7.48. The maximum Gasteiger partial charge on any atom is 0.410 e. The molecule has 1 aliphatic heterocycles. The summed E-state index contributed by atoms with van der Waals surface area (Å²) in [5, 5.41) is 10.0. The second-order valence-electron chi connectivity index (χ2n) is 8.54. The van der Waals surface area contributed by atoms with E-state index in [1.807, 2.05) is 42.5 Å². The van der Waals surface area contributed by atoms with Crippen LogP contribution in [-0.4, -0.2) is 41.3 Å². The van der Waals surface area contributed by atoms with Crippen molar-refractivity contribution in [2.75, 3.05) is 13.2 Å². The van der Waals surface area contributed by atoms with Gasteiger partial charge in [0.1, 0.15) is 12.5 Å². The molecule has 1 fully saturated rings. The number of halogens is 1. The summed E-state index contributed by atoms with van der Waals surface area (Å²) in [6, 6.07) is 23.3. The fourth-order valence-electron chi connectivity index (χ4n) is 5.27. The molecule has 6 heteroatoms. The second-order valence-corrected chi connectivity index (χ2v) is 9.40.